The average Bonchev–Trinajstić information content (AvgIpc) is 3.21. The van der Waals surface area contributed by atoms with E-state index < -0.39 is 0 Å². The third-order valence-electron chi connectivity index (χ3n) is 4.46. The minimum atomic E-state index is 0.00924. The van der Waals surface area contributed by atoms with Gasteiger partial charge in [-0.25, -0.2) is 0 Å². The molecule has 2 aromatic rings. The Morgan fingerprint density at radius 3 is 2.74 bits per heavy atom. The summed E-state index contributed by atoms with van der Waals surface area (Å²) in [6, 6.07) is 9.73. The molecule has 2 heterocycles. The highest BCUT2D eigenvalue weighted by Gasteiger charge is 2.25. The number of carbonyl (C=O) groups is 2. The van der Waals surface area contributed by atoms with E-state index in [0.717, 1.165) is 17.7 Å². The number of anilines is 1. The summed E-state index contributed by atoms with van der Waals surface area (Å²) in [5.41, 5.74) is 2.69. The number of benzene rings is 1. The molecule has 0 saturated carbocycles. The second-order valence-corrected chi connectivity index (χ2v) is 6.85. The first-order valence-corrected chi connectivity index (χ1v) is 8.58. The molecule has 0 N–H and O–H groups in total. The average molecular weight is 328 g/mol. The van der Waals surface area contributed by atoms with Crippen molar-refractivity contribution in [1.82, 2.24) is 4.90 Å². The molecule has 0 aliphatic carbocycles. The molecule has 0 fully saturated rings. The highest BCUT2D eigenvalue weighted by atomic mass is 32.1. The molecule has 23 heavy (non-hydrogen) atoms. The molecule has 1 aromatic heterocycles. The van der Waals surface area contributed by atoms with Crippen molar-refractivity contribution in [3.8, 4) is 0 Å². The van der Waals surface area contributed by atoms with Gasteiger partial charge in [-0.05, 0) is 48.6 Å². The maximum atomic E-state index is 12.7. The van der Waals surface area contributed by atoms with Crippen LogP contribution in [0.5, 0.6) is 0 Å². The Morgan fingerprint density at radius 2 is 2.09 bits per heavy atom. The minimum absolute atomic E-state index is 0.00924. The zero-order chi connectivity index (χ0) is 16.6. The van der Waals surface area contributed by atoms with Crippen molar-refractivity contribution in [1.29, 1.82) is 0 Å². The van der Waals surface area contributed by atoms with E-state index in [4.69, 9.17) is 0 Å². The number of rotatable bonds is 3. The molecule has 0 spiro atoms. The van der Waals surface area contributed by atoms with Gasteiger partial charge in [-0.2, -0.15) is 0 Å². The molecule has 1 atom stereocenters. The van der Waals surface area contributed by atoms with Crippen LogP contribution in [0.4, 0.5) is 5.69 Å². The van der Waals surface area contributed by atoms with Crippen molar-refractivity contribution in [2.24, 2.45) is 0 Å². The molecule has 0 bridgehead atoms. The third-order valence-corrected chi connectivity index (χ3v) is 5.50. The second kappa shape index (κ2) is 6.16. The van der Waals surface area contributed by atoms with Crippen molar-refractivity contribution in [3.05, 3.63) is 51.7 Å². The molecular weight excluding hydrogens is 308 g/mol. The molecule has 1 aromatic carbocycles. The maximum Gasteiger partial charge on any atom is 0.254 e. The molecule has 5 heteroatoms. The Bertz CT molecular complexity index is 739. The summed E-state index contributed by atoms with van der Waals surface area (Å²) >= 11 is 1.66. The number of hydrogen-bond donors (Lipinski definition) is 0. The van der Waals surface area contributed by atoms with Gasteiger partial charge in [0, 0.05) is 36.6 Å². The quantitative estimate of drug-likeness (QED) is 0.865. The minimum Gasteiger partial charge on any atom is -0.334 e. The molecular formula is C18H20N2O2S. The van der Waals surface area contributed by atoms with Crippen molar-refractivity contribution < 1.29 is 9.59 Å². The van der Waals surface area contributed by atoms with E-state index in [1.807, 2.05) is 49.7 Å². The molecule has 0 saturated heterocycles. The van der Waals surface area contributed by atoms with E-state index >= 15 is 0 Å². The topological polar surface area (TPSA) is 40.6 Å². The lowest BCUT2D eigenvalue weighted by Gasteiger charge is -2.24. The molecule has 2 amide bonds. The van der Waals surface area contributed by atoms with Gasteiger partial charge in [0.05, 0.1) is 6.04 Å². The SMILES string of the molecule is CC(=O)N1CCc2cc(C(=O)N(C)[C@@H](C)c3cccs3)ccc21. The van der Waals surface area contributed by atoms with Gasteiger partial charge >= 0.3 is 0 Å². The summed E-state index contributed by atoms with van der Waals surface area (Å²) < 4.78 is 0. The molecule has 4 nitrogen and oxygen atoms in total. The summed E-state index contributed by atoms with van der Waals surface area (Å²) in [7, 11) is 1.84. The van der Waals surface area contributed by atoms with Crippen LogP contribution in [0.15, 0.2) is 35.7 Å². The number of nitrogens with zero attached hydrogens (tertiary/aromatic N) is 2. The first-order valence-electron chi connectivity index (χ1n) is 7.70. The van der Waals surface area contributed by atoms with Gasteiger partial charge in [0.1, 0.15) is 0 Å². The Morgan fingerprint density at radius 1 is 1.30 bits per heavy atom. The number of carbonyl (C=O) groups excluding carboxylic acids is 2. The third kappa shape index (κ3) is 2.88. The molecule has 3 rings (SSSR count). The van der Waals surface area contributed by atoms with E-state index in [1.54, 1.807) is 28.1 Å². The monoisotopic (exact) mass is 328 g/mol. The fourth-order valence-electron chi connectivity index (χ4n) is 2.96. The second-order valence-electron chi connectivity index (χ2n) is 5.87. The smallest absolute Gasteiger partial charge is 0.254 e. The van der Waals surface area contributed by atoms with Gasteiger partial charge in [0.15, 0.2) is 0 Å². The van der Waals surface area contributed by atoms with Gasteiger partial charge in [-0.15, -0.1) is 11.3 Å². The zero-order valence-electron chi connectivity index (χ0n) is 13.6. The lowest BCUT2D eigenvalue weighted by atomic mass is 10.1. The van der Waals surface area contributed by atoms with Crippen LogP contribution < -0.4 is 4.90 Å². The summed E-state index contributed by atoms with van der Waals surface area (Å²) in [5.74, 6) is 0.0567. The maximum absolute atomic E-state index is 12.7. The highest BCUT2D eigenvalue weighted by molar-refractivity contribution is 7.10. The lowest BCUT2D eigenvalue weighted by molar-refractivity contribution is -0.116. The molecule has 1 aliphatic heterocycles. The van der Waals surface area contributed by atoms with Crippen LogP contribution in [0.3, 0.4) is 0 Å². The van der Waals surface area contributed by atoms with E-state index in [0.29, 0.717) is 12.1 Å². The Balaban J connectivity index is 1.82. The van der Waals surface area contributed by atoms with Crippen LogP contribution in [0.25, 0.3) is 0 Å². The van der Waals surface area contributed by atoms with Crippen molar-refractivity contribution in [2.75, 3.05) is 18.5 Å². The predicted molar refractivity (Wildman–Crippen MR) is 93.0 cm³/mol. The van der Waals surface area contributed by atoms with Gasteiger partial charge in [-0.1, -0.05) is 6.07 Å². The molecule has 1 aliphatic rings. The predicted octanol–water partition coefficient (Wildman–Crippen LogP) is 3.49. The molecule has 0 radical (unpaired) electrons. The van der Waals surface area contributed by atoms with Crippen LogP contribution in [0.1, 0.15) is 40.7 Å². The summed E-state index contributed by atoms with van der Waals surface area (Å²) in [4.78, 5) is 29.1. The summed E-state index contributed by atoms with van der Waals surface area (Å²) in [5, 5.41) is 2.02. The molecule has 120 valence electrons. The summed E-state index contributed by atoms with van der Waals surface area (Å²) in [6.07, 6.45) is 0.806. The number of fused-ring (bicyclic) bond motifs is 1. The Labute approximate surface area is 140 Å². The number of hydrogen-bond acceptors (Lipinski definition) is 3. The van der Waals surface area contributed by atoms with Crippen molar-refractivity contribution >= 4 is 28.8 Å². The first kappa shape index (κ1) is 15.7. The zero-order valence-corrected chi connectivity index (χ0v) is 14.4. The summed E-state index contributed by atoms with van der Waals surface area (Å²) in [6.45, 7) is 4.31. The fraction of sp³-hybridized carbons (Fsp3) is 0.333. The van der Waals surface area contributed by atoms with E-state index in [1.165, 1.54) is 4.88 Å². The van der Waals surface area contributed by atoms with Crippen molar-refractivity contribution in [3.63, 3.8) is 0 Å². The van der Waals surface area contributed by atoms with Gasteiger partial charge in [0.25, 0.3) is 5.91 Å². The Kier molecular flexibility index (Phi) is 4.22. The largest absolute Gasteiger partial charge is 0.334 e. The molecule has 0 unspecified atom stereocenters. The Hall–Kier alpha value is -2.14. The van der Waals surface area contributed by atoms with Crippen LogP contribution in [0.2, 0.25) is 0 Å². The van der Waals surface area contributed by atoms with E-state index in [9.17, 15) is 9.59 Å². The van der Waals surface area contributed by atoms with Crippen LogP contribution >= 0.6 is 11.3 Å². The van der Waals surface area contributed by atoms with Crippen molar-refractivity contribution in [2.45, 2.75) is 26.3 Å². The lowest BCUT2D eigenvalue weighted by Crippen LogP contribution is -2.29. The van der Waals surface area contributed by atoms with Crippen LogP contribution in [0, 0.1) is 0 Å². The number of amides is 2. The van der Waals surface area contributed by atoms with Crippen LogP contribution in [-0.4, -0.2) is 30.3 Å². The number of thiophene rings is 1. The van der Waals surface area contributed by atoms with E-state index in [2.05, 4.69) is 0 Å². The van der Waals surface area contributed by atoms with Gasteiger partial charge in [0.2, 0.25) is 5.91 Å². The normalized spacial score (nSPS) is 14.5. The standard InChI is InChI=1S/C18H20N2O2S/c1-12(17-5-4-10-23-17)19(3)18(22)15-6-7-16-14(11-15)8-9-20(16)13(2)21/h4-7,10-12H,8-9H2,1-3H3/t12-/m0/s1. The highest BCUT2D eigenvalue weighted by Crippen LogP contribution is 2.30. The van der Waals surface area contributed by atoms with Crippen LogP contribution in [-0.2, 0) is 11.2 Å². The van der Waals surface area contributed by atoms with E-state index in [-0.39, 0.29) is 17.9 Å². The fourth-order valence-corrected chi connectivity index (χ4v) is 3.79. The first-order chi connectivity index (χ1) is 11.0. The van der Waals surface area contributed by atoms with Gasteiger partial charge in [-0.3, -0.25) is 9.59 Å². The van der Waals surface area contributed by atoms with Gasteiger partial charge < -0.3 is 9.80 Å².